The van der Waals surface area contributed by atoms with E-state index in [1.165, 1.54) is 24.0 Å². The van der Waals surface area contributed by atoms with Crippen LogP contribution in [0.15, 0.2) is 24.3 Å². The zero-order valence-corrected chi connectivity index (χ0v) is 14.0. The molecule has 1 aromatic carbocycles. The second-order valence-corrected chi connectivity index (χ2v) is 6.87. The first kappa shape index (κ1) is 16.5. The summed E-state index contributed by atoms with van der Waals surface area (Å²) in [6, 6.07) is 9.92. The number of nitrogens with zero attached hydrogens (tertiary/aromatic N) is 1. The van der Waals surface area contributed by atoms with Gasteiger partial charge in [-0.3, -0.25) is 0 Å². The molecule has 0 aromatic heterocycles. The van der Waals surface area contributed by atoms with Crippen LogP contribution in [-0.4, -0.2) is 38.1 Å². The molecule has 0 radical (unpaired) electrons. The molecule has 0 aliphatic carbocycles. The highest BCUT2D eigenvalue weighted by atomic mass is 15.1. The Kier molecular flexibility index (Phi) is 6.22. The van der Waals surface area contributed by atoms with E-state index in [2.05, 4.69) is 67.7 Å². The van der Waals surface area contributed by atoms with Gasteiger partial charge in [0.25, 0.3) is 0 Å². The van der Waals surface area contributed by atoms with E-state index in [0.717, 1.165) is 25.6 Å². The maximum Gasteiger partial charge on any atom is 0.0336 e. The monoisotopic (exact) mass is 289 g/mol. The number of nitrogens with one attached hydrogen (secondary N) is 2. The molecular formula is C18H31N3. The third-order valence-corrected chi connectivity index (χ3v) is 4.43. The third-order valence-electron chi connectivity index (χ3n) is 4.43. The molecule has 3 heteroatoms. The molecule has 1 heterocycles. The quantitative estimate of drug-likeness (QED) is 0.843. The fourth-order valence-electron chi connectivity index (χ4n) is 3.17. The van der Waals surface area contributed by atoms with E-state index < -0.39 is 0 Å². The van der Waals surface area contributed by atoms with Crippen molar-refractivity contribution >= 4 is 0 Å². The summed E-state index contributed by atoms with van der Waals surface area (Å²) in [5, 5.41) is 7.35. The minimum Gasteiger partial charge on any atom is -0.313 e. The number of hydrogen-bond donors (Lipinski definition) is 2. The van der Waals surface area contributed by atoms with Gasteiger partial charge in [0.2, 0.25) is 0 Å². The molecule has 2 N–H and O–H groups in total. The zero-order chi connectivity index (χ0) is 15.2. The second kappa shape index (κ2) is 7.92. The van der Waals surface area contributed by atoms with Crippen molar-refractivity contribution in [2.75, 3.05) is 27.2 Å². The lowest BCUT2D eigenvalue weighted by molar-refractivity contribution is 0.239. The molecule has 0 spiro atoms. The molecule has 2 rings (SSSR count). The molecule has 2 unspecified atom stereocenters. The van der Waals surface area contributed by atoms with Crippen molar-refractivity contribution in [2.45, 2.75) is 45.3 Å². The van der Waals surface area contributed by atoms with Gasteiger partial charge in [0.1, 0.15) is 0 Å². The van der Waals surface area contributed by atoms with Gasteiger partial charge in [-0.05, 0) is 50.5 Å². The van der Waals surface area contributed by atoms with E-state index in [0.29, 0.717) is 12.1 Å². The highest BCUT2D eigenvalue weighted by Crippen LogP contribution is 2.23. The topological polar surface area (TPSA) is 27.3 Å². The fraction of sp³-hybridized carbons (Fsp3) is 0.667. The summed E-state index contributed by atoms with van der Waals surface area (Å²) in [7, 11) is 4.38. The molecule has 1 aliphatic heterocycles. The summed E-state index contributed by atoms with van der Waals surface area (Å²) >= 11 is 0. The van der Waals surface area contributed by atoms with Gasteiger partial charge >= 0.3 is 0 Å². The van der Waals surface area contributed by atoms with E-state index in [1.807, 2.05) is 0 Å². The molecule has 0 bridgehead atoms. The minimum atomic E-state index is 0.478. The minimum absolute atomic E-state index is 0.478. The molecule has 0 saturated carbocycles. The van der Waals surface area contributed by atoms with Gasteiger partial charge in [0, 0.05) is 25.2 Å². The van der Waals surface area contributed by atoms with Crippen LogP contribution in [0.5, 0.6) is 0 Å². The summed E-state index contributed by atoms with van der Waals surface area (Å²) in [5.74, 6) is 0.738. The largest absolute Gasteiger partial charge is 0.313 e. The van der Waals surface area contributed by atoms with E-state index in [1.54, 1.807) is 0 Å². The van der Waals surface area contributed by atoms with Gasteiger partial charge in [0.05, 0.1) is 0 Å². The van der Waals surface area contributed by atoms with Crippen molar-refractivity contribution in [3.8, 4) is 0 Å². The molecular weight excluding hydrogens is 258 g/mol. The van der Waals surface area contributed by atoms with Crippen LogP contribution >= 0.6 is 0 Å². The molecule has 1 aliphatic rings. The number of benzene rings is 1. The van der Waals surface area contributed by atoms with Crippen molar-refractivity contribution in [1.29, 1.82) is 0 Å². The fourth-order valence-corrected chi connectivity index (χ4v) is 3.17. The standard InChI is InChI=1S/C18H31N3/c1-14(2)11-16(21(3)4)13-20-18-9-10-19-12-15-7-5-6-8-17(15)18/h5-8,14,16,18-20H,9-13H2,1-4H3. The highest BCUT2D eigenvalue weighted by molar-refractivity contribution is 5.31. The van der Waals surface area contributed by atoms with Gasteiger partial charge in [-0.2, -0.15) is 0 Å². The Morgan fingerprint density at radius 3 is 2.76 bits per heavy atom. The Morgan fingerprint density at radius 2 is 2.05 bits per heavy atom. The molecule has 0 amide bonds. The predicted molar refractivity (Wildman–Crippen MR) is 90.4 cm³/mol. The van der Waals surface area contributed by atoms with E-state index >= 15 is 0 Å². The molecule has 21 heavy (non-hydrogen) atoms. The first-order chi connectivity index (χ1) is 10.1. The maximum absolute atomic E-state index is 3.82. The van der Waals surface area contributed by atoms with Crippen molar-refractivity contribution in [3.63, 3.8) is 0 Å². The SMILES string of the molecule is CC(C)CC(CNC1CCNCc2ccccc21)N(C)C. The van der Waals surface area contributed by atoms with Gasteiger partial charge in [-0.15, -0.1) is 0 Å². The van der Waals surface area contributed by atoms with Crippen LogP contribution in [0.2, 0.25) is 0 Å². The first-order valence-electron chi connectivity index (χ1n) is 8.26. The molecule has 3 nitrogen and oxygen atoms in total. The maximum atomic E-state index is 3.82. The Balaban J connectivity index is 2.01. The Morgan fingerprint density at radius 1 is 1.29 bits per heavy atom. The number of hydrogen-bond acceptors (Lipinski definition) is 3. The number of likely N-dealkylation sites (N-methyl/N-ethyl adjacent to an activating group) is 1. The van der Waals surface area contributed by atoms with E-state index in [9.17, 15) is 0 Å². The lowest BCUT2D eigenvalue weighted by Gasteiger charge is -2.29. The predicted octanol–water partition coefficient (Wildman–Crippen LogP) is 2.79. The van der Waals surface area contributed by atoms with Gasteiger partial charge in [0.15, 0.2) is 0 Å². The molecule has 0 saturated heterocycles. The lowest BCUT2D eigenvalue weighted by Crippen LogP contribution is -2.40. The van der Waals surface area contributed by atoms with Crippen LogP contribution in [0, 0.1) is 5.92 Å². The van der Waals surface area contributed by atoms with Crippen LogP contribution in [0.25, 0.3) is 0 Å². The average Bonchev–Trinajstić information content (AvgIpc) is 2.65. The molecule has 1 aromatic rings. The lowest BCUT2D eigenvalue weighted by atomic mass is 9.98. The van der Waals surface area contributed by atoms with Crippen molar-refractivity contribution in [2.24, 2.45) is 5.92 Å². The van der Waals surface area contributed by atoms with Gasteiger partial charge in [-0.1, -0.05) is 38.1 Å². The van der Waals surface area contributed by atoms with Crippen LogP contribution in [-0.2, 0) is 6.54 Å². The Labute approximate surface area is 130 Å². The smallest absolute Gasteiger partial charge is 0.0336 e. The van der Waals surface area contributed by atoms with Crippen LogP contribution < -0.4 is 10.6 Å². The summed E-state index contributed by atoms with van der Waals surface area (Å²) in [5.41, 5.74) is 2.92. The highest BCUT2D eigenvalue weighted by Gasteiger charge is 2.20. The zero-order valence-electron chi connectivity index (χ0n) is 14.0. The van der Waals surface area contributed by atoms with Gasteiger partial charge < -0.3 is 15.5 Å². The van der Waals surface area contributed by atoms with Crippen LogP contribution in [0.3, 0.4) is 0 Å². The molecule has 2 atom stereocenters. The third kappa shape index (κ3) is 4.80. The summed E-state index contributed by atoms with van der Waals surface area (Å²) < 4.78 is 0. The Hall–Kier alpha value is -0.900. The number of rotatable bonds is 6. The normalized spacial score (nSPS) is 20.4. The van der Waals surface area contributed by atoms with Crippen molar-refractivity contribution in [3.05, 3.63) is 35.4 Å². The molecule has 0 fully saturated rings. The first-order valence-corrected chi connectivity index (χ1v) is 8.26. The summed E-state index contributed by atoms with van der Waals surface area (Å²) in [6.45, 7) is 7.76. The summed E-state index contributed by atoms with van der Waals surface area (Å²) in [6.07, 6.45) is 2.41. The van der Waals surface area contributed by atoms with Crippen molar-refractivity contribution in [1.82, 2.24) is 15.5 Å². The molecule has 118 valence electrons. The van der Waals surface area contributed by atoms with Crippen LogP contribution in [0.4, 0.5) is 0 Å². The Bertz CT molecular complexity index is 428. The van der Waals surface area contributed by atoms with Crippen LogP contribution in [0.1, 0.15) is 43.9 Å². The second-order valence-electron chi connectivity index (χ2n) is 6.87. The number of fused-ring (bicyclic) bond motifs is 1. The summed E-state index contributed by atoms with van der Waals surface area (Å²) in [4.78, 5) is 2.36. The van der Waals surface area contributed by atoms with Crippen molar-refractivity contribution < 1.29 is 0 Å². The van der Waals surface area contributed by atoms with E-state index in [4.69, 9.17) is 0 Å². The van der Waals surface area contributed by atoms with Gasteiger partial charge in [-0.25, -0.2) is 0 Å². The van der Waals surface area contributed by atoms with E-state index in [-0.39, 0.29) is 0 Å². The average molecular weight is 289 g/mol.